The highest BCUT2D eigenvalue weighted by molar-refractivity contribution is 7.92. The third-order valence-corrected chi connectivity index (χ3v) is 7.49. The van der Waals surface area contributed by atoms with Crippen LogP contribution in [0.2, 0.25) is 0 Å². The molecule has 7 nitrogen and oxygen atoms in total. The molecular weight excluding hydrogens is 428 g/mol. The molecule has 0 saturated heterocycles. The standard InChI is InChI=1S/C24H30N2O5S/c1-3-26(21-14-8-5-9-15-21)32(29,30)22-16-10-11-19(17-22)24(28)31-18(2)23(27)25-20-12-6-4-7-13-20/h5,8-11,14-18,20H,3-4,6-7,12-13H2,1-2H3,(H,25,27). The third kappa shape index (κ3) is 5.68. The van der Waals surface area contributed by atoms with Gasteiger partial charge in [-0.3, -0.25) is 9.10 Å². The monoisotopic (exact) mass is 458 g/mol. The Labute approximate surface area is 189 Å². The fraction of sp³-hybridized carbons (Fsp3) is 0.417. The van der Waals surface area contributed by atoms with E-state index in [1.807, 2.05) is 6.07 Å². The molecular formula is C24H30N2O5S. The van der Waals surface area contributed by atoms with E-state index in [0.29, 0.717) is 5.69 Å². The van der Waals surface area contributed by atoms with E-state index in [0.717, 1.165) is 25.7 Å². The van der Waals surface area contributed by atoms with Crippen molar-refractivity contribution in [2.75, 3.05) is 10.8 Å². The van der Waals surface area contributed by atoms with Crippen molar-refractivity contribution in [3.63, 3.8) is 0 Å². The minimum Gasteiger partial charge on any atom is -0.449 e. The summed E-state index contributed by atoms with van der Waals surface area (Å²) in [5.41, 5.74) is 0.614. The molecule has 1 saturated carbocycles. The first kappa shape index (κ1) is 23.8. The molecule has 1 unspecified atom stereocenters. The number of carbonyl (C=O) groups excluding carboxylic acids is 2. The average molecular weight is 459 g/mol. The molecule has 32 heavy (non-hydrogen) atoms. The predicted octanol–water partition coefficient (Wildman–Crippen LogP) is 3.90. The van der Waals surface area contributed by atoms with E-state index in [2.05, 4.69) is 5.32 Å². The number of para-hydroxylation sites is 1. The van der Waals surface area contributed by atoms with Gasteiger partial charge in [0.2, 0.25) is 0 Å². The fourth-order valence-corrected chi connectivity index (χ4v) is 5.36. The van der Waals surface area contributed by atoms with Crippen LogP contribution in [0.25, 0.3) is 0 Å². The molecule has 8 heteroatoms. The van der Waals surface area contributed by atoms with Gasteiger partial charge in [-0.05, 0) is 57.0 Å². The van der Waals surface area contributed by atoms with E-state index in [4.69, 9.17) is 4.74 Å². The van der Waals surface area contributed by atoms with E-state index in [-0.39, 0.29) is 29.0 Å². The van der Waals surface area contributed by atoms with Crippen molar-refractivity contribution >= 4 is 27.6 Å². The van der Waals surface area contributed by atoms with Gasteiger partial charge in [-0.1, -0.05) is 43.5 Å². The molecule has 1 atom stereocenters. The Morgan fingerprint density at radius 1 is 1.06 bits per heavy atom. The topological polar surface area (TPSA) is 92.8 Å². The van der Waals surface area contributed by atoms with Crippen LogP contribution in [0.15, 0.2) is 59.5 Å². The first-order valence-electron chi connectivity index (χ1n) is 11.0. The lowest BCUT2D eigenvalue weighted by atomic mass is 9.95. The Hall–Kier alpha value is -2.87. The van der Waals surface area contributed by atoms with Crippen molar-refractivity contribution in [1.82, 2.24) is 5.32 Å². The van der Waals surface area contributed by atoms with Gasteiger partial charge in [0.25, 0.3) is 15.9 Å². The number of amides is 1. The van der Waals surface area contributed by atoms with Crippen molar-refractivity contribution in [3.05, 3.63) is 60.2 Å². The second kappa shape index (κ2) is 10.6. The van der Waals surface area contributed by atoms with Gasteiger partial charge in [0, 0.05) is 12.6 Å². The minimum atomic E-state index is -3.88. The number of carbonyl (C=O) groups is 2. The van der Waals surface area contributed by atoms with E-state index < -0.39 is 22.1 Å². The molecule has 1 aliphatic rings. The fourth-order valence-electron chi connectivity index (χ4n) is 3.84. The van der Waals surface area contributed by atoms with Crippen LogP contribution in [0.3, 0.4) is 0 Å². The third-order valence-electron chi connectivity index (χ3n) is 5.59. The Bertz CT molecular complexity index is 1030. The smallest absolute Gasteiger partial charge is 0.338 e. The minimum absolute atomic E-state index is 0.0167. The van der Waals surface area contributed by atoms with Crippen LogP contribution in [0, 0.1) is 0 Å². The second-order valence-corrected chi connectivity index (χ2v) is 9.79. The quantitative estimate of drug-likeness (QED) is 0.606. The molecule has 3 rings (SSSR count). The highest BCUT2D eigenvalue weighted by Gasteiger charge is 2.26. The van der Waals surface area contributed by atoms with Crippen LogP contribution in [0.5, 0.6) is 0 Å². The van der Waals surface area contributed by atoms with E-state index in [1.165, 1.54) is 41.9 Å². The molecule has 1 aliphatic carbocycles. The predicted molar refractivity (Wildman–Crippen MR) is 123 cm³/mol. The molecule has 1 amide bonds. The Morgan fingerprint density at radius 2 is 1.75 bits per heavy atom. The molecule has 1 fully saturated rings. The van der Waals surface area contributed by atoms with Gasteiger partial charge < -0.3 is 10.1 Å². The molecule has 0 spiro atoms. The normalized spacial score (nSPS) is 15.6. The van der Waals surface area contributed by atoms with Gasteiger partial charge in [-0.25, -0.2) is 13.2 Å². The largest absolute Gasteiger partial charge is 0.449 e. The number of hydrogen-bond acceptors (Lipinski definition) is 5. The second-order valence-electron chi connectivity index (χ2n) is 7.92. The maximum atomic E-state index is 13.2. The maximum absolute atomic E-state index is 13.2. The summed E-state index contributed by atoms with van der Waals surface area (Å²) >= 11 is 0. The summed E-state index contributed by atoms with van der Waals surface area (Å²) in [6.45, 7) is 3.50. The summed E-state index contributed by atoms with van der Waals surface area (Å²) in [5, 5.41) is 2.93. The summed E-state index contributed by atoms with van der Waals surface area (Å²) in [6.07, 6.45) is 4.23. The van der Waals surface area contributed by atoms with Gasteiger partial charge in [-0.15, -0.1) is 0 Å². The van der Waals surface area contributed by atoms with Crippen molar-refractivity contribution in [2.24, 2.45) is 0 Å². The van der Waals surface area contributed by atoms with Crippen molar-refractivity contribution in [3.8, 4) is 0 Å². The molecule has 0 aliphatic heterocycles. The van der Waals surface area contributed by atoms with E-state index in [9.17, 15) is 18.0 Å². The molecule has 0 radical (unpaired) electrons. The van der Waals surface area contributed by atoms with Crippen LogP contribution in [0.1, 0.15) is 56.3 Å². The zero-order valence-electron chi connectivity index (χ0n) is 18.5. The van der Waals surface area contributed by atoms with Crippen molar-refractivity contribution < 1.29 is 22.7 Å². The van der Waals surface area contributed by atoms with Crippen LogP contribution < -0.4 is 9.62 Å². The van der Waals surface area contributed by atoms with E-state index in [1.54, 1.807) is 31.2 Å². The highest BCUT2D eigenvalue weighted by Crippen LogP contribution is 2.24. The van der Waals surface area contributed by atoms with Gasteiger partial charge in [0.1, 0.15) is 0 Å². The molecule has 2 aromatic carbocycles. The van der Waals surface area contributed by atoms with Crippen LogP contribution >= 0.6 is 0 Å². The lowest BCUT2D eigenvalue weighted by Gasteiger charge is -2.24. The Morgan fingerprint density at radius 3 is 2.41 bits per heavy atom. The Kier molecular flexibility index (Phi) is 7.90. The molecule has 0 bridgehead atoms. The van der Waals surface area contributed by atoms with Crippen LogP contribution in [0.4, 0.5) is 5.69 Å². The van der Waals surface area contributed by atoms with Gasteiger partial charge in [-0.2, -0.15) is 0 Å². The lowest BCUT2D eigenvalue weighted by Crippen LogP contribution is -2.42. The van der Waals surface area contributed by atoms with Crippen molar-refractivity contribution in [1.29, 1.82) is 0 Å². The SMILES string of the molecule is CCN(c1ccccc1)S(=O)(=O)c1cccc(C(=O)OC(C)C(=O)NC2CCCCC2)c1. The highest BCUT2D eigenvalue weighted by atomic mass is 32.2. The summed E-state index contributed by atoms with van der Waals surface area (Å²) < 4.78 is 33.0. The first-order valence-corrected chi connectivity index (χ1v) is 12.5. The molecule has 0 heterocycles. The number of anilines is 1. The van der Waals surface area contributed by atoms with Crippen molar-refractivity contribution in [2.45, 2.75) is 63.0 Å². The number of rotatable bonds is 8. The number of sulfonamides is 1. The number of nitrogens with one attached hydrogen (secondary N) is 1. The van der Waals surface area contributed by atoms with Gasteiger partial charge in [0.05, 0.1) is 16.1 Å². The zero-order chi connectivity index (χ0) is 23.1. The molecule has 2 aromatic rings. The van der Waals surface area contributed by atoms with Crippen LogP contribution in [-0.4, -0.2) is 39.0 Å². The number of hydrogen-bond donors (Lipinski definition) is 1. The van der Waals surface area contributed by atoms with Gasteiger partial charge in [0.15, 0.2) is 6.10 Å². The van der Waals surface area contributed by atoms with Gasteiger partial charge >= 0.3 is 5.97 Å². The van der Waals surface area contributed by atoms with Crippen LogP contribution in [-0.2, 0) is 19.6 Å². The summed E-state index contributed by atoms with van der Waals surface area (Å²) in [6, 6.07) is 14.6. The molecule has 1 N–H and O–H groups in total. The summed E-state index contributed by atoms with van der Waals surface area (Å²) in [7, 11) is -3.88. The number of nitrogens with zero attached hydrogens (tertiary/aromatic N) is 1. The van der Waals surface area contributed by atoms with E-state index >= 15 is 0 Å². The average Bonchev–Trinajstić information content (AvgIpc) is 2.80. The Balaban J connectivity index is 1.71. The zero-order valence-corrected chi connectivity index (χ0v) is 19.3. The summed E-state index contributed by atoms with van der Waals surface area (Å²) in [5.74, 6) is -1.08. The maximum Gasteiger partial charge on any atom is 0.338 e. The molecule has 0 aromatic heterocycles. The number of esters is 1. The first-order chi connectivity index (χ1) is 15.3. The summed E-state index contributed by atoms with van der Waals surface area (Å²) in [4.78, 5) is 25.0. The molecule has 172 valence electrons. The number of benzene rings is 2. The lowest BCUT2D eigenvalue weighted by molar-refractivity contribution is -0.130. The number of ether oxygens (including phenoxy) is 1.